The van der Waals surface area contributed by atoms with Crippen molar-refractivity contribution < 1.29 is 14.3 Å². The number of carbonyl (C=O) groups is 1. The van der Waals surface area contributed by atoms with E-state index < -0.39 is 0 Å². The van der Waals surface area contributed by atoms with Crippen LogP contribution in [0.15, 0.2) is 12.2 Å². The van der Waals surface area contributed by atoms with Crippen LogP contribution in [-0.4, -0.2) is 25.8 Å². The number of hydrogen-bond donors (Lipinski definition) is 0. The monoisotopic (exact) mass is 284 g/mol. The van der Waals surface area contributed by atoms with Crippen LogP contribution in [-0.2, 0) is 14.3 Å². The zero-order valence-electron chi connectivity index (χ0n) is 13.6. The largest absolute Gasteiger partial charge is 0.460 e. The average Bonchev–Trinajstić information content (AvgIpc) is 2.44. The van der Waals surface area contributed by atoms with Gasteiger partial charge in [-0.2, -0.15) is 0 Å². The van der Waals surface area contributed by atoms with Gasteiger partial charge < -0.3 is 9.47 Å². The minimum Gasteiger partial charge on any atom is -0.460 e. The predicted octanol–water partition coefficient (Wildman–Crippen LogP) is 4.65. The van der Waals surface area contributed by atoms with Crippen LogP contribution in [0, 0.1) is 0 Å². The van der Waals surface area contributed by atoms with Crippen LogP contribution in [0.5, 0.6) is 0 Å². The van der Waals surface area contributed by atoms with Crippen LogP contribution in [0.4, 0.5) is 0 Å². The van der Waals surface area contributed by atoms with Gasteiger partial charge in [0.2, 0.25) is 0 Å². The van der Waals surface area contributed by atoms with E-state index in [2.05, 4.69) is 13.5 Å². The van der Waals surface area contributed by atoms with Gasteiger partial charge in [-0.15, -0.1) is 0 Å². The number of hydrogen-bond acceptors (Lipinski definition) is 3. The molecule has 0 aromatic heterocycles. The SMILES string of the molecule is C=C(C)C(=O)OCC(CCCCCCCCCC)OC. The summed E-state index contributed by atoms with van der Waals surface area (Å²) in [5.41, 5.74) is 0.437. The van der Waals surface area contributed by atoms with Crippen LogP contribution in [0.3, 0.4) is 0 Å². The zero-order valence-corrected chi connectivity index (χ0v) is 13.6. The van der Waals surface area contributed by atoms with Crippen molar-refractivity contribution in [2.75, 3.05) is 13.7 Å². The topological polar surface area (TPSA) is 35.5 Å². The minimum atomic E-state index is -0.331. The van der Waals surface area contributed by atoms with Crippen LogP contribution < -0.4 is 0 Å². The lowest BCUT2D eigenvalue weighted by Gasteiger charge is -2.15. The Kier molecular flexibility index (Phi) is 12.6. The highest BCUT2D eigenvalue weighted by atomic mass is 16.6. The summed E-state index contributed by atoms with van der Waals surface area (Å²) in [6.07, 6.45) is 11.4. The molecule has 1 atom stereocenters. The van der Waals surface area contributed by atoms with Gasteiger partial charge in [0.05, 0.1) is 6.10 Å². The highest BCUT2D eigenvalue weighted by Crippen LogP contribution is 2.12. The summed E-state index contributed by atoms with van der Waals surface area (Å²) in [4.78, 5) is 11.3. The van der Waals surface area contributed by atoms with Gasteiger partial charge in [0.15, 0.2) is 0 Å². The lowest BCUT2D eigenvalue weighted by molar-refractivity contribution is -0.142. The Labute approximate surface area is 124 Å². The van der Waals surface area contributed by atoms with Crippen LogP contribution in [0.1, 0.15) is 71.6 Å². The number of esters is 1. The van der Waals surface area contributed by atoms with Crippen molar-refractivity contribution in [3.8, 4) is 0 Å². The molecule has 0 spiro atoms. The molecule has 0 saturated carbocycles. The number of rotatable bonds is 13. The normalized spacial score (nSPS) is 12.2. The first-order valence-corrected chi connectivity index (χ1v) is 7.97. The smallest absolute Gasteiger partial charge is 0.333 e. The molecule has 0 aromatic carbocycles. The van der Waals surface area contributed by atoms with E-state index in [0.717, 1.165) is 12.8 Å². The number of unbranched alkanes of at least 4 members (excludes halogenated alkanes) is 7. The number of ether oxygens (including phenoxy) is 2. The van der Waals surface area contributed by atoms with Crippen molar-refractivity contribution in [1.82, 2.24) is 0 Å². The first-order chi connectivity index (χ1) is 9.61. The van der Waals surface area contributed by atoms with E-state index in [1.54, 1.807) is 14.0 Å². The second kappa shape index (κ2) is 13.2. The Morgan fingerprint density at radius 1 is 1.05 bits per heavy atom. The van der Waals surface area contributed by atoms with Crippen LogP contribution >= 0.6 is 0 Å². The molecule has 0 rings (SSSR count). The molecule has 0 saturated heterocycles. The summed E-state index contributed by atoms with van der Waals surface area (Å²) in [7, 11) is 1.67. The molecule has 0 aliphatic carbocycles. The molecule has 0 heterocycles. The number of methoxy groups -OCH3 is 1. The highest BCUT2D eigenvalue weighted by Gasteiger charge is 2.11. The van der Waals surface area contributed by atoms with Gasteiger partial charge in [0, 0.05) is 12.7 Å². The maximum absolute atomic E-state index is 11.3. The fourth-order valence-electron chi connectivity index (χ4n) is 2.07. The third-order valence-electron chi connectivity index (χ3n) is 3.46. The Morgan fingerprint density at radius 2 is 1.60 bits per heavy atom. The molecular weight excluding hydrogens is 252 g/mol. The maximum atomic E-state index is 11.3. The first kappa shape index (κ1) is 19.2. The van der Waals surface area contributed by atoms with Crippen molar-refractivity contribution in [2.24, 2.45) is 0 Å². The number of carbonyl (C=O) groups excluding carboxylic acids is 1. The van der Waals surface area contributed by atoms with Crippen molar-refractivity contribution in [3.63, 3.8) is 0 Å². The summed E-state index contributed by atoms with van der Waals surface area (Å²) < 4.78 is 10.4. The molecule has 20 heavy (non-hydrogen) atoms. The van der Waals surface area contributed by atoms with Crippen LogP contribution in [0.2, 0.25) is 0 Å². The minimum absolute atomic E-state index is 0.0124. The molecule has 0 N–H and O–H groups in total. The summed E-state index contributed by atoms with van der Waals surface area (Å²) in [6, 6.07) is 0. The summed E-state index contributed by atoms with van der Waals surface area (Å²) in [5.74, 6) is -0.331. The first-order valence-electron chi connectivity index (χ1n) is 7.97. The molecule has 118 valence electrons. The van der Waals surface area contributed by atoms with Crippen molar-refractivity contribution >= 4 is 5.97 Å². The fraction of sp³-hybridized carbons (Fsp3) is 0.824. The molecule has 3 nitrogen and oxygen atoms in total. The second-order valence-corrected chi connectivity index (χ2v) is 5.50. The van der Waals surface area contributed by atoms with Crippen molar-refractivity contribution in [2.45, 2.75) is 77.7 Å². The Morgan fingerprint density at radius 3 is 2.10 bits per heavy atom. The van der Waals surface area contributed by atoms with E-state index in [9.17, 15) is 4.79 Å². The van der Waals surface area contributed by atoms with Gasteiger partial charge in [0.1, 0.15) is 6.61 Å². The molecule has 0 aliphatic heterocycles. The lowest BCUT2D eigenvalue weighted by atomic mass is 10.1. The third-order valence-corrected chi connectivity index (χ3v) is 3.46. The van der Waals surface area contributed by atoms with E-state index in [1.165, 1.54) is 44.9 Å². The summed E-state index contributed by atoms with van der Waals surface area (Å²) in [5, 5.41) is 0. The van der Waals surface area contributed by atoms with Gasteiger partial charge in [-0.25, -0.2) is 4.79 Å². The summed E-state index contributed by atoms with van der Waals surface area (Å²) >= 11 is 0. The Bertz CT molecular complexity index is 261. The predicted molar refractivity (Wildman–Crippen MR) is 83.8 cm³/mol. The molecule has 0 bridgehead atoms. The van der Waals surface area contributed by atoms with Crippen LogP contribution in [0.25, 0.3) is 0 Å². The lowest BCUT2D eigenvalue weighted by Crippen LogP contribution is -2.21. The Balaban J connectivity index is 3.50. The van der Waals surface area contributed by atoms with E-state index in [4.69, 9.17) is 9.47 Å². The summed E-state index contributed by atoms with van der Waals surface area (Å²) in [6.45, 7) is 7.79. The third kappa shape index (κ3) is 11.0. The molecule has 0 aliphatic rings. The van der Waals surface area contributed by atoms with Gasteiger partial charge in [0.25, 0.3) is 0 Å². The van der Waals surface area contributed by atoms with E-state index in [0.29, 0.717) is 12.2 Å². The van der Waals surface area contributed by atoms with Gasteiger partial charge in [-0.3, -0.25) is 0 Å². The van der Waals surface area contributed by atoms with E-state index >= 15 is 0 Å². The fourth-order valence-corrected chi connectivity index (χ4v) is 2.07. The zero-order chi connectivity index (χ0) is 15.2. The standard InChI is InChI=1S/C17H32O3/c1-5-6-7-8-9-10-11-12-13-16(19-4)14-20-17(18)15(2)3/h16H,2,5-14H2,1,3-4H3. The molecule has 0 amide bonds. The van der Waals surface area contributed by atoms with Crippen molar-refractivity contribution in [3.05, 3.63) is 12.2 Å². The average molecular weight is 284 g/mol. The second-order valence-electron chi connectivity index (χ2n) is 5.50. The quantitative estimate of drug-likeness (QED) is 0.280. The van der Waals surface area contributed by atoms with Crippen molar-refractivity contribution in [1.29, 1.82) is 0 Å². The Hall–Kier alpha value is -0.830. The molecule has 1 unspecified atom stereocenters. The maximum Gasteiger partial charge on any atom is 0.333 e. The molecule has 0 aromatic rings. The van der Waals surface area contributed by atoms with E-state index in [1.807, 2.05) is 0 Å². The van der Waals surface area contributed by atoms with E-state index in [-0.39, 0.29) is 12.1 Å². The molecule has 3 heteroatoms. The van der Waals surface area contributed by atoms with Gasteiger partial charge in [-0.05, 0) is 13.3 Å². The van der Waals surface area contributed by atoms with Gasteiger partial charge >= 0.3 is 5.97 Å². The molecule has 0 fully saturated rings. The molecular formula is C17H32O3. The molecule has 0 radical (unpaired) electrons. The highest BCUT2D eigenvalue weighted by molar-refractivity contribution is 5.86. The van der Waals surface area contributed by atoms with Gasteiger partial charge in [-0.1, -0.05) is 64.9 Å².